The molecule has 1 saturated heterocycles. The summed E-state index contributed by atoms with van der Waals surface area (Å²) in [7, 11) is 0. The first kappa shape index (κ1) is 15.9. The van der Waals surface area contributed by atoms with E-state index in [1.807, 2.05) is 0 Å². The third-order valence-corrected chi connectivity index (χ3v) is 3.94. The fourth-order valence-corrected chi connectivity index (χ4v) is 2.92. The lowest BCUT2D eigenvalue weighted by atomic mass is 10.00. The molecule has 0 spiro atoms. The molecular weight excluding hydrogens is 224 g/mol. The van der Waals surface area contributed by atoms with Gasteiger partial charge in [-0.05, 0) is 38.6 Å². The lowest BCUT2D eigenvalue weighted by Crippen LogP contribution is -2.43. The van der Waals surface area contributed by atoms with E-state index in [2.05, 4.69) is 18.7 Å². The molecule has 0 aromatic rings. The summed E-state index contributed by atoms with van der Waals surface area (Å²) in [6, 6.07) is 0.810. The third kappa shape index (κ3) is 5.68. The number of nitrogens with zero attached hydrogens (tertiary/aromatic N) is 1. The quantitative estimate of drug-likeness (QED) is 0.645. The molecule has 0 saturated carbocycles. The van der Waals surface area contributed by atoms with Gasteiger partial charge in [0.2, 0.25) is 0 Å². The Bertz CT molecular complexity index is 185. The zero-order valence-electron chi connectivity index (χ0n) is 12.4. The molecule has 0 amide bonds. The Hall–Kier alpha value is -0.120. The van der Waals surface area contributed by atoms with Gasteiger partial charge in [0.1, 0.15) is 0 Å². The zero-order valence-corrected chi connectivity index (χ0v) is 12.4. The molecule has 1 aliphatic rings. The molecule has 2 N–H and O–H groups in total. The maximum absolute atomic E-state index is 5.86. The van der Waals surface area contributed by atoms with Crippen LogP contribution < -0.4 is 5.73 Å². The molecule has 0 unspecified atom stereocenters. The van der Waals surface area contributed by atoms with Crippen molar-refractivity contribution in [3.05, 3.63) is 0 Å². The molecule has 0 atom stereocenters. The maximum atomic E-state index is 5.86. The molecule has 1 fully saturated rings. The summed E-state index contributed by atoms with van der Waals surface area (Å²) >= 11 is 0. The van der Waals surface area contributed by atoms with Gasteiger partial charge < -0.3 is 15.4 Å². The standard InChI is InChI=1S/C15H32N2O/c1-3-6-14(7-4-2)17-11-8-15(9-12-17)18-13-5-10-16/h14-15H,3-13,16H2,1-2H3. The van der Waals surface area contributed by atoms with Crippen molar-refractivity contribution in [2.45, 2.75) is 70.9 Å². The Balaban J connectivity index is 2.23. The smallest absolute Gasteiger partial charge is 0.0599 e. The van der Waals surface area contributed by atoms with Crippen LogP contribution in [0, 0.1) is 0 Å². The molecule has 18 heavy (non-hydrogen) atoms. The van der Waals surface area contributed by atoms with Crippen molar-refractivity contribution in [3.8, 4) is 0 Å². The zero-order chi connectivity index (χ0) is 13.2. The van der Waals surface area contributed by atoms with Gasteiger partial charge in [-0.2, -0.15) is 0 Å². The predicted octanol–water partition coefficient (Wildman–Crippen LogP) is 2.79. The van der Waals surface area contributed by atoms with Crippen molar-refractivity contribution in [2.24, 2.45) is 5.73 Å². The first-order chi connectivity index (χ1) is 8.81. The largest absolute Gasteiger partial charge is 0.378 e. The highest BCUT2D eigenvalue weighted by Crippen LogP contribution is 2.20. The van der Waals surface area contributed by atoms with Crippen LogP contribution in [0.1, 0.15) is 58.8 Å². The minimum Gasteiger partial charge on any atom is -0.378 e. The summed E-state index contributed by atoms with van der Waals surface area (Å²) in [5, 5.41) is 0. The van der Waals surface area contributed by atoms with Crippen LogP contribution in [-0.4, -0.2) is 43.3 Å². The van der Waals surface area contributed by atoms with Crippen LogP contribution in [0.15, 0.2) is 0 Å². The minimum atomic E-state index is 0.483. The van der Waals surface area contributed by atoms with Gasteiger partial charge >= 0.3 is 0 Å². The SMILES string of the molecule is CCCC(CCC)N1CCC(OCCCN)CC1. The summed E-state index contributed by atoms with van der Waals surface area (Å²) in [5.74, 6) is 0. The fraction of sp³-hybridized carbons (Fsp3) is 1.00. The second-order valence-corrected chi connectivity index (χ2v) is 5.48. The second kappa shape index (κ2) is 9.76. The van der Waals surface area contributed by atoms with Crippen molar-refractivity contribution < 1.29 is 4.74 Å². The molecule has 3 heteroatoms. The van der Waals surface area contributed by atoms with E-state index in [1.165, 1.54) is 51.6 Å². The Morgan fingerprint density at radius 2 is 1.78 bits per heavy atom. The number of likely N-dealkylation sites (tertiary alicyclic amines) is 1. The Kier molecular flexibility index (Phi) is 8.64. The molecular formula is C15H32N2O. The fourth-order valence-electron chi connectivity index (χ4n) is 2.92. The predicted molar refractivity (Wildman–Crippen MR) is 77.8 cm³/mol. The van der Waals surface area contributed by atoms with Crippen molar-refractivity contribution in [2.75, 3.05) is 26.2 Å². The molecule has 1 rings (SSSR count). The van der Waals surface area contributed by atoms with E-state index in [4.69, 9.17) is 10.5 Å². The summed E-state index contributed by atoms with van der Waals surface area (Å²) in [6.45, 7) is 8.62. The molecule has 0 aromatic carbocycles. The summed E-state index contributed by atoms with van der Waals surface area (Å²) in [4.78, 5) is 2.69. The topological polar surface area (TPSA) is 38.5 Å². The molecule has 0 aliphatic carbocycles. The highest BCUT2D eigenvalue weighted by molar-refractivity contribution is 4.78. The molecule has 1 aliphatic heterocycles. The monoisotopic (exact) mass is 256 g/mol. The van der Waals surface area contributed by atoms with E-state index in [1.54, 1.807) is 0 Å². The van der Waals surface area contributed by atoms with E-state index in [0.29, 0.717) is 6.10 Å². The molecule has 1 heterocycles. The van der Waals surface area contributed by atoms with E-state index >= 15 is 0 Å². The number of rotatable bonds is 9. The van der Waals surface area contributed by atoms with Gasteiger partial charge in [-0.25, -0.2) is 0 Å². The number of nitrogens with two attached hydrogens (primary N) is 1. The van der Waals surface area contributed by atoms with E-state index in [-0.39, 0.29) is 0 Å². The van der Waals surface area contributed by atoms with Crippen LogP contribution in [0.3, 0.4) is 0 Å². The molecule has 0 bridgehead atoms. The summed E-state index contributed by atoms with van der Waals surface area (Å²) in [6.07, 6.45) is 9.20. The van der Waals surface area contributed by atoms with Gasteiger partial charge in [-0.1, -0.05) is 26.7 Å². The van der Waals surface area contributed by atoms with Crippen LogP contribution in [-0.2, 0) is 4.74 Å². The van der Waals surface area contributed by atoms with E-state index in [0.717, 1.165) is 25.6 Å². The minimum absolute atomic E-state index is 0.483. The van der Waals surface area contributed by atoms with Gasteiger partial charge in [0, 0.05) is 25.7 Å². The second-order valence-electron chi connectivity index (χ2n) is 5.48. The number of hydrogen-bond donors (Lipinski definition) is 1. The van der Waals surface area contributed by atoms with E-state index in [9.17, 15) is 0 Å². The lowest BCUT2D eigenvalue weighted by Gasteiger charge is -2.37. The van der Waals surface area contributed by atoms with Crippen LogP contribution in [0.5, 0.6) is 0 Å². The molecule has 108 valence electrons. The Morgan fingerprint density at radius 3 is 2.28 bits per heavy atom. The van der Waals surface area contributed by atoms with Crippen LogP contribution in [0.4, 0.5) is 0 Å². The Labute approximate surface area is 113 Å². The highest BCUT2D eigenvalue weighted by atomic mass is 16.5. The molecule has 3 nitrogen and oxygen atoms in total. The highest BCUT2D eigenvalue weighted by Gasteiger charge is 2.24. The van der Waals surface area contributed by atoms with Crippen molar-refractivity contribution in [1.82, 2.24) is 4.90 Å². The van der Waals surface area contributed by atoms with Gasteiger partial charge in [0.15, 0.2) is 0 Å². The lowest BCUT2D eigenvalue weighted by molar-refractivity contribution is -0.00409. The number of hydrogen-bond acceptors (Lipinski definition) is 3. The molecule has 0 radical (unpaired) electrons. The van der Waals surface area contributed by atoms with Crippen molar-refractivity contribution in [3.63, 3.8) is 0 Å². The van der Waals surface area contributed by atoms with Gasteiger partial charge in [-0.3, -0.25) is 0 Å². The van der Waals surface area contributed by atoms with Crippen LogP contribution in [0.25, 0.3) is 0 Å². The molecule has 0 aromatic heterocycles. The van der Waals surface area contributed by atoms with Gasteiger partial charge in [0.25, 0.3) is 0 Å². The van der Waals surface area contributed by atoms with Crippen LogP contribution in [0.2, 0.25) is 0 Å². The first-order valence-electron chi connectivity index (χ1n) is 7.87. The average molecular weight is 256 g/mol. The normalized spacial score (nSPS) is 18.7. The maximum Gasteiger partial charge on any atom is 0.0599 e. The number of ether oxygens (including phenoxy) is 1. The average Bonchev–Trinajstić information content (AvgIpc) is 2.40. The van der Waals surface area contributed by atoms with Crippen molar-refractivity contribution in [1.29, 1.82) is 0 Å². The van der Waals surface area contributed by atoms with Gasteiger partial charge in [-0.15, -0.1) is 0 Å². The summed E-state index contributed by atoms with van der Waals surface area (Å²) in [5.41, 5.74) is 5.48. The van der Waals surface area contributed by atoms with Crippen LogP contribution >= 0.6 is 0 Å². The van der Waals surface area contributed by atoms with Crippen molar-refractivity contribution >= 4 is 0 Å². The number of piperidine rings is 1. The van der Waals surface area contributed by atoms with Gasteiger partial charge in [0.05, 0.1) is 6.10 Å². The Morgan fingerprint density at radius 1 is 1.17 bits per heavy atom. The first-order valence-corrected chi connectivity index (χ1v) is 7.87. The summed E-state index contributed by atoms with van der Waals surface area (Å²) < 4.78 is 5.86. The van der Waals surface area contributed by atoms with E-state index < -0.39 is 0 Å². The third-order valence-electron chi connectivity index (χ3n) is 3.94.